The van der Waals surface area contributed by atoms with E-state index in [9.17, 15) is 9.90 Å². The smallest absolute Gasteiger partial charge is 0.330 e. The largest absolute Gasteiger partial charge is 0.494 e. The molecular weight excluding hydrogens is 439 g/mol. The van der Waals surface area contributed by atoms with E-state index in [1.54, 1.807) is 31.2 Å². The Hall–Kier alpha value is -3.33. The number of carboxylic acids is 1. The molecule has 3 rings (SSSR count). The number of nitrogens with two attached hydrogens (primary N) is 1. The van der Waals surface area contributed by atoms with Crippen LogP contribution < -0.4 is 25.8 Å². The Bertz CT molecular complexity index is 993. The van der Waals surface area contributed by atoms with Crippen molar-refractivity contribution in [3.05, 3.63) is 53.3 Å². The first-order valence-electron chi connectivity index (χ1n) is 11.6. The zero-order chi connectivity index (χ0) is 24.7. The molecule has 0 aromatic heterocycles. The molecule has 9 heteroatoms. The SMILES string of the molecule is CCOc1cc(OC(CC)C2CCCCN2)c(F)c(C(Nc2ccc(C(=N)N)cc2)C(=O)O)c1. The van der Waals surface area contributed by atoms with Gasteiger partial charge in [-0.2, -0.15) is 0 Å². The van der Waals surface area contributed by atoms with E-state index in [4.69, 9.17) is 20.6 Å². The molecule has 2 aromatic rings. The molecule has 1 aliphatic rings. The van der Waals surface area contributed by atoms with Crippen LogP contribution in [0.15, 0.2) is 36.4 Å². The Labute approximate surface area is 199 Å². The second-order valence-electron chi connectivity index (χ2n) is 8.29. The standard InChI is InChI=1S/C25H33FN4O4/c1-3-20(19-7-5-6-12-29-19)34-21-14-17(33-4-2)13-18(22(21)26)23(25(31)32)30-16-10-8-15(9-11-16)24(27)28/h8-11,13-14,19-20,23,29-30H,3-7,12H2,1-2H3,(H3,27,28)(H,31,32). The lowest BCUT2D eigenvalue weighted by Gasteiger charge is -2.31. The molecule has 0 spiro atoms. The monoisotopic (exact) mass is 472 g/mol. The van der Waals surface area contributed by atoms with Gasteiger partial charge in [0.05, 0.1) is 6.61 Å². The summed E-state index contributed by atoms with van der Waals surface area (Å²) in [6.07, 6.45) is 3.54. The predicted octanol–water partition coefficient (Wildman–Crippen LogP) is 4.05. The Morgan fingerprint density at radius 2 is 2.03 bits per heavy atom. The lowest BCUT2D eigenvalue weighted by atomic mass is 9.98. The molecule has 0 amide bonds. The molecule has 34 heavy (non-hydrogen) atoms. The van der Waals surface area contributed by atoms with Crippen LogP contribution >= 0.6 is 0 Å². The van der Waals surface area contributed by atoms with E-state index >= 15 is 4.39 Å². The molecule has 1 saturated heterocycles. The van der Waals surface area contributed by atoms with Gasteiger partial charge < -0.3 is 30.9 Å². The van der Waals surface area contributed by atoms with Crippen molar-refractivity contribution in [2.45, 2.75) is 57.7 Å². The molecule has 1 aliphatic heterocycles. The average molecular weight is 473 g/mol. The van der Waals surface area contributed by atoms with Gasteiger partial charge in [-0.3, -0.25) is 5.41 Å². The number of carboxylic acid groups (broad SMARTS) is 1. The summed E-state index contributed by atoms with van der Waals surface area (Å²) >= 11 is 0. The van der Waals surface area contributed by atoms with Crippen LogP contribution in [0.25, 0.3) is 0 Å². The zero-order valence-corrected chi connectivity index (χ0v) is 19.6. The van der Waals surface area contributed by atoms with Crippen LogP contribution in [0.2, 0.25) is 0 Å². The summed E-state index contributed by atoms with van der Waals surface area (Å²) in [5.41, 5.74) is 6.33. The van der Waals surface area contributed by atoms with Crippen LogP contribution in [0.3, 0.4) is 0 Å². The van der Waals surface area contributed by atoms with Crippen molar-refractivity contribution in [1.82, 2.24) is 5.32 Å². The highest BCUT2D eigenvalue weighted by atomic mass is 19.1. The first kappa shape index (κ1) is 25.3. The molecule has 2 aromatic carbocycles. The molecule has 0 saturated carbocycles. The van der Waals surface area contributed by atoms with Gasteiger partial charge >= 0.3 is 5.97 Å². The van der Waals surface area contributed by atoms with Crippen LogP contribution in [0, 0.1) is 11.2 Å². The van der Waals surface area contributed by atoms with Crippen LogP contribution in [0.1, 0.15) is 56.7 Å². The second kappa shape index (κ2) is 11.7. The minimum atomic E-state index is -1.39. The van der Waals surface area contributed by atoms with Gasteiger partial charge in [0.1, 0.15) is 17.7 Å². The van der Waals surface area contributed by atoms with Gasteiger partial charge in [-0.15, -0.1) is 0 Å². The maximum atomic E-state index is 15.7. The molecule has 0 bridgehead atoms. The Balaban J connectivity index is 1.94. The van der Waals surface area contributed by atoms with E-state index in [2.05, 4.69) is 10.6 Å². The maximum Gasteiger partial charge on any atom is 0.330 e. The maximum absolute atomic E-state index is 15.7. The first-order valence-corrected chi connectivity index (χ1v) is 11.6. The third kappa shape index (κ3) is 6.17. The Morgan fingerprint density at radius 3 is 2.59 bits per heavy atom. The van der Waals surface area contributed by atoms with E-state index in [0.717, 1.165) is 25.8 Å². The molecule has 6 N–H and O–H groups in total. The van der Waals surface area contributed by atoms with Gasteiger partial charge in [0.15, 0.2) is 17.6 Å². The predicted molar refractivity (Wildman–Crippen MR) is 129 cm³/mol. The highest BCUT2D eigenvalue weighted by molar-refractivity contribution is 5.95. The highest BCUT2D eigenvalue weighted by Crippen LogP contribution is 2.34. The number of hydrogen-bond donors (Lipinski definition) is 5. The average Bonchev–Trinajstić information content (AvgIpc) is 2.83. The fourth-order valence-electron chi connectivity index (χ4n) is 4.13. The minimum absolute atomic E-state index is 0.0276. The van der Waals surface area contributed by atoms with E-state index in [-0.39, 0.29) is 29.3 Å². The Kier molecular flexibility index (Phi) is 8.70. The summed E-state index contributed by atoms with van der Waals surface area (Å²) in [7, 11) is 0. The number of amidine groups is 1. The first-order chi connectivity index (χ1) is 16.3. The third-order valence-electron chi connectivity index (χ3n) is 5.89. The summed E-state index contributed by atoms with van der Waals surface area (Å²) in [5, 5.41) is 23.7. The summed E-state index contributed by atoms with van der Waals surface area (Å²) < 4.78 is 27.4. The van der Waals surface area contributed by atoms with Crippen LogP contribution in [0.4, 0.5) is 10.1 Å². The number of anilines is 1. The molecule has 3 unspecified atom stereocenters. The topological polar surface area (TPSA) is 130 Å². The molecule has 1 fully saturated rings. The molecule has 184 valence electrons. The summed E-state index contributed by atoms with van der Waals surface area (Å²) in [4.78, 5) is 12.2. The molecule has 0 aliphatic carbocycles. The fraction of sp³-hybridized carbons (Fsp3) is 0.440. The van der Waals surface area contributed by atoms with Crippen LogP contribution in [0.5, 0.6) is 11.5 Å². The number of hydrogen-bond acceptors (Lipinski definition) is 6. The number of halogens is 1. The number of rotatable bonds is 11. The van der Waals surface area contributed by atoms with Crippen LogP contribution in [-0.2, 0) is 4.79 Å². The molecule has 1 heterocycles. The van der Waals surface area contributed by atoms with E-state index in [1.807, 2.05) is 6.92 Å². The van der Waals surface area contributed by atoms with Gasteiger partial charge in [0.25, 0.3) is 0 Å². The van der Waals surface area contributed by atoms with Gasteiger partial charge in [-0.1, -0.05) is 13.3 Å². The normalized spacial score (nSPS) is 17.4. The number of benzene rings is 2. The fourth-order valence-corrected chi connectivity index (χ4v) is 4.13. The van der Waals surface area contributed by atoms with E-state index in [0.29, 0.717) is 30.0 Å². The Morgan fingerprint density at radius 1 is 1.29 bits per heavy atom. The summed E-state index contributed by atoms with van der Waals surface area (Å²) in [5.74, 6) is -1.79. The van der Waals surface area contributed by atoms with Crippen molar-refractivity contribution in [2.24, 2.45) is 5.73 Å². The third-order valence-corrected chi connectivity index (χ3v) is 5.89. The summed E-state index contributed by atoms with van der Waals surface area (Å²) in [6.45, 7) is 5.01. The molecule has 8 nitrogen and oxygen atoms in total. The molecular formula is C25H33FN4O4. The van der Waals surface area contributed by atoms with Gasteiger partial charge in [-0.05, 0) is 63.1 Å². The van der Waals surface area contributed by atoms with Crippen molar-refractivity contribution in [3.63, 3.8) is 0 Å². The highest BCUT2D eigenvalue weighted by Gasteiger charge is 2.29. The second-order valence-corrected chi connectivity index (χ2v) is 8.29. The lowest BCUT2D eigenvalue weighted by molar-refractivity contribution is -0.138. The van der Waals surface area contributed by atoms with Crippen molar-refractivity contribution in [3.8, 4) is 11.5 Å². The molecule has 3 atom stereocenters. The summed E-state index contributed by atoms with van der Waals surface area (Å²) in [6, 6.07) is 7.95. The van der Waals surface area contributed by atoms with Crippen molar-refractivity contribution >= 4 is 17.5 Å². The van der Waals surface area contributed by atoms with Gasteiger partial charge in [0.2, 0.25) is 0 Å². The number of aliphatic carboxylic acids is 1. The van der Waals surface area contributed by atoms with E-state index < -0.39 is 17.8 Å². The van der Waals surface area contributed by atoms with Gasteiger partial charge in [0, 0.05) is 28.9 Å². The van der Waals surface area contributed by atoms with Crippen molar-refractivity contribution < 1.29 is 23.8 Å². The molecule has 0 radical (unpaired) electrons. The van der Waals surface area contributed by atoms with Crippen molar-refractivity contribution in [1.29, 1.82) is 5.41 Å². The number of ether oxygens (including phenoxy) is 2. The minimum Gasteiger partial charge on any atom is -0.494 e. The number of nitrogen functional groups attached to an aromatic ring is 1. The van der Waals surface area contributed by atoms with Gasteiger partial charge in [-0.25, -0.2) is 9.18 Å². The number of piperidine rings is 1. The zero-order valence-electron chi connectivity index (χ0n) is 19.6. The van der Waals surface area contributed by atoms with Crippen molar-refractivity contribution in [2.75, 3.05) is 18.5 Å². The van der Waals surface area contributed by atoms with E-state index in [1.165, 1.54) is 12.1 Å². The number of nitrogens with one attached hydrogen (secondary N) is 3. The van der Waals surface area contributed by atoms with Crippen LogP contribution in [-0.4, -0.2) is 42.2 Å². The quantitative estimate of drug-likeness (QED) is 0.246. The lowest BCUT2D eigenvalue weighted by Crippen LogP contribution is -2.45. The number of carbonyl (C=O) groups is 1.